The molecule has 1 amide bonds. The number of rotatable bonds is 5. The SMILES string of the molecule is C=CCNC(=O)C(C)Nc1ccc(Br)c(I)c1. The van der Waals surface area contributed by atoms with E-state index in [-0.39, 0.29) is 11.9 Å². The Balaban J connectivity index is 2.61. The zero-order valence-corrected chi connectivity index (χ0v) is 13.2. The molecule has 2 N–H and O–H groups in total. The van der Waals surface area contributed by atoms with Gasteiger partial charge in [0.15, 0.2) is 0 Å². The summed E-state index contributed by atoms with van der Waals surface area (Å²) in [6, 6.07) is 5.61. The standard InChI is InChI=1S/C12H14BrIN2O/c1-3-6-15-12(17)8(2)16-9-4-5-10(13)11(14)7-9/h3-5,7-8,16H,1,6H2,2H3,(H,15,17). The quantitative estimate of drug-likeness (QED) is 0.580. The van der Waals surface area contributed by atoms with E-state index in [1.807, 2.05) is 25.1 Å². The Morgan fingerprint density at radius 2 is 2.35 bits per heavy atom. The molecule has 0 aliphatic carbocycles. The van der Waals surface area contributed by atoms with Gasteiger partial charge in [-0.15, -0.1) is 6.58 Å². The Hall–Kier alpha value is -0.560. The van der Waals surface area contributed by atoms with Gasteiger partial charge in [-0.1, -0.05) is 6.08 Å². The van der Waals surface area contributed by atoms with Gasteiger partial charge in [0.2, 0.25) is 5.91 Å². The van der Waals surface area contributed by atoms with Gasteiger partial charge in [-0.25, -0.2) is 0 Å². The molecule has 0 saturated heterocycles. The second-order valence-electron chi connectivity index (χ2n) is 3.53. The van der Waals surface area contributed by atoms with Crippen LogP contribution in [0.4, 0.5) is 5.69 Å². The van der Waals surface area contributed by atoms with Gasteiger partial charge in [0.1, 0.15) is 6.04 Å². The Labute approximate surface area is 123 Å². The number of hydrogen-bond acceptors (Lipinski definition) is 2. The second kappa shape index (κ2) is 7.00. The van der Waals surface area contributed by atoms with Gasteiger partial charge in [0.25, 0.3) is 0 Å². The lowest BCUT2D eigenvalue weighted by atomic mass is 10.2. The van der Waals surface area contributed by atoms with E-state index < -0.39 is 0 Å². The van der Waals surface area contributed by atoms with Crippen molar-refractivity contribution in [3.8, 4) is 0 Å². The number of benzene rings is 1. The molecule has 0 saturated carbocycles. The summed E-state index contributed by atoms with van der Waals surface area (Å²) in [5.74, 6) is -0.0390. The lowest BCUT2D eigenvalue weighted by molar-refractivity contribution is -0.121. The molecule has 17 heavy (non-hydrogen) atoms. The highest BCUT2D eigenvalue weighted by atomic mass is 127. The predicted molar refractivity (Wildman–Crippen MR) is 83.2 cm³/mol. The first kappa shape index (κ1) is 14.5. The molecule has 1 aromatic rings. The molecule has 92 valence electrons. The number of nitrogens with one attached hydrogen (secondary N) is 2. The van der Waals surface area contributed by atoms with Crippen LogP contribution in [0.2, 0.25) is 0 Å². The maximum absolute atomic E-state index is 11.6. The summed E-state index contributed by atoms with van der Waals surface area (Å²) >= 11 is 5.67. The van der Waals surface area contributed by atoms with Crippen LogP contribution >= 0.6 is 38.5 Å². The van der Waals surface area contributed by atoms with E-state index in [0.29, 0.717) is 6.54 Å². The molecule has 1 aromatic carbocycles. The van der Waals surface area contributed by atoms with E-state index in [2.05, 4.69) is 55.7 Å². The molecule has 3 nitrogen and oxygen atoms in total. The van der Waals surface area contributed by atoms with E-state index >= 15 is 0 Å². The Morgan fingerprint density at radius 1 is 1.65 bits per heavy atom. The zero-order valence-electron chi connectivity index (χ0n) is 9.47. The summed E-state index contributed by atoms with van der Waals surface area (Å²) < 4.78 is 2.15. The third-order valence-corrected chi connectivity index (χ3v) is 4.44. The van der Waals surface area contributed by atoms with Crippen molar-refractivity contribution in [2.24, 2.45) is 0 Å². The van der Waals surface area contributed by atoms with Crippen LogP contribution in [0.15, 0.2) is 35.3 Å². The maximum atomic E-state index is 11.6. The largest absolute Gasteiger partial charge is 0.374 e. The van der Waals surface area contributed by atoms with Crippen molar-refractivity contribution in [1.29, 1.82) is 0 Å². The van der Waals surface area contributed by atoms with E-state index in [9.17, 15) is 4.79 Å². The number of carbonyl (C=O) groups excluding carboxylic acids is 1. The van der Waals surface area contributed by atoms with Crippen LogP contribution in [0.25, 0.3) is 0 Å². The molecular formula is C12H14BrIN2O. The number of hydrogen-bond donors (Lipinski definition) is 2. The summed E-state index contributed by atoms with van der Waals surface area (Å²) in [5.41, 5.74) is 0.929. The van der Waals surface area contributed by atoms with Crippen molar-refractivity contribution in [2.75, 3.05) is 11.9 Å². The molecule has 0 spiro atoms. The van der Waals surface area contributed by atoms with Crippen molar-refractivity contribution >= 4 is 50.1 Å². The highest BCUT2D eigenvalue weighted by Gasteiger charge is 2.11. The molecule has 0 heterocycles. The lowest BCUT2D eigenvalue weighted by Crippen LogP contribution is -2.37. The first-order valence-corrected chi connectivity index (χ1v) is 7.02. The fourth-order valence-corrected chi connectivity index (χ4v) is 1.99. The summed E-state index contributed by atoms with van der Waals surface area (Å²) in [6.45, 7) is 5.87. The smallest absolute Gasteiger partial charge is 0.242 e. The molecular weight excluding hydrogens is 395 g/mol. The van der Waals surface area contributed by atoms with Crippen molar-refractivity contribution in [1.82, 2.24) is 5.32 Å². The first-order valence-electron chi connectivity index (χ1n) is 5.14. The van der Waals surface area contributed by atoms with Crippen LogP contribution in [-0.4, -0.2) is 18.5 Å². The van der Waals surface area contributed by atoms with Gasteiger partial charge in [0.05, 0.1) is 0 Å². The van der Waals surface area contributed by atoms with Crippen molar-refractivity contribution in [2.45, 2.75) is 13.0 Å². The first-order chi connectivity index (χ1) is 8.04. The molecule has 1 rings (SSSR count). The highest BCUT2D eigenvalue weighted by Crippen LogP contribution is 2.22. The molecule has 0 fully saturated rings. The molecule has 0 radical (unpaired) electrons. The van der Waals surface area contributed by atoms with E-state index in [0.717, 1.165) is 13.7 Å². The van der Waals surface area contributed by atoms with Gasteiger partial charge >= 0.3 is 0 Å². The molecule has 5 heteroatoms. The third kappa shape index (κ3) is 4.67. The number of halogens is 2. The van der Waals surface area contributed by atoms with Crippen LogP contribution < -0.4 is 10.6 Å². The minimum Gasteiger partial charge on any atom is -0.374 e. The second-order valence-corrected chi connectivity index (χ2v) is 5.55. The van der Waals surface area contributed by atoms with E-state index in [4.69, 9.17) is 0 Å². The average Bonchev–Trinajstić information content (AvgIpc) is 2.30. The normalized spacial score (nSPS) is 11.7. The fraction of sp³-hybridized carbons (Fsp3) is 0.250. The maximum Gasteiger partial charge on any atom is 0.242 e. The molecule has 0 bridgehead atoms. The highest BCUT2D eigenvalue weighted by molar-refractivity contribution is 14.1. The zero-order chi connectivity index (χ0) is 12.8. The van der Waals surface area contributed by atoms with Gasteiger partial charge in [-0.2, -0.15) is 0 Å². The summed E-state index contributed by atoms with van der Waals surface area (Å²) in [4.78, 5) is 11.6. The van der Waals surface area contributed by atoms with Crippen LogP contribution in [0.3, 0.4) is 0 Å². The molecule has 1 unspecified atom stereocenters. The van der Waals surface area contributed by atoms with Crippen LogP contribution in [-0.2, 0) is 4.79 Å². The van der Waals surface area contributed by atoms with Gasteiger partial charge in [-0.05, 0) is 63.6 Å². The van der Waals surface area contributed by atoms with Crippen molar-refractivity contribution in [3.05, 3.63) is 38.9 Å². The Bertz CT molecular complexity index is 423. The summed E-state index contributed by atoms with van der Waals surface area (Å²) in [6.07, 6.45) is 1.66. The van der Waals surface area contributed by atoms with Gasteiger partial charge in [-0.3, -0.25) is 4.79 Å². The molecule has 0 aliphatic rings. The van der Waals surface area contributed by atoms with Crippen molar-refractivity contribution < 1.29 is 4.79 Å². The summed E-state index contributed by atoms with van der Waals surface area (Å²) in [7, 11) is 0. The lowest BCUT2D eigenvalue weighted by Gasteiger charge is -2.15. The van der Waals surface area contributed by atoms with Crippen molar-refractivity contribution in [3.63, 3.8) is 0 Å². The molecule has 0 aromatic heterocycles. The monoisotopic (exact) mass is 408 g/mol. The summed E-state index contributed by atoms with van der Waals surface area (Å²) in [5, 5.41) is 5.89. The van der Waals surface area contributed by atoms with E-state index in [1.165, 1.54) is 0 Å². The number of carbonyl (C=O) groups is 1. The van der Waals surface area contributed by atoms with Crippen LogP contribution in [0.5, 0.6) is 0 Å². The number of amides is 1. The minimum atomic E-state index is -0.271. The average molecular weight is 409 g/mol. The van der Waals surface area contributed by atoms with Crippen LogP contribution in [0.1, 0.15) is 6.92 Å². The Kier molecular flexibility index (Phi) is 5.97. The molecule has 0 aliphatic heterocycles. The Morgan fingerprint density at radius 3 is 2.94 bits per heavy atom. The van der Waals surface area contributed by atoms with Crippen LogP contribution in [0, 0.1) is 3.57 Å². The predicted octanol–water partition coefficient (Wildman–Crippen LogP) is 3.16. The third-order valence-electron chi connectivity index (χ3n) is 2.12. The van der Waals surface area contributed by atoms with Gasteiger partial charge < -0.3 is 10.6 Å². The van der Waals surface area contributed by atoms with E-state index in [1.54, 1.807) is 6.08 Å². The number of anilines is 1. The minimum absolute atomic E-state index is 0.0390. The fourth-order valence-electron chi connectivity index (χ4n) is 1.23. The van der Waals surface area contributed by atoms with Gasteiger partial charge in [0, 0.05) is 20.3 Å². The topological polar surface area (TPSA) is 41.1 Å². The molecule has 1 atom stereocenters.